The molecule has 0 aromatic carbocycles. The van der Waals surface area contributed by atoms with Gasteiger partial charge < -0.3 is 26.8 Å². The van der Waals surface area contributed by atoms with Gasteiger partial charge >= 0.3 is 0 Å². The second-order valence-electron chi connectivity index (χ2n) is 5.88. The van der Waals surface area contributed by atoms with Crippen LogP contribution < -0.4 is 22.1 Å². The van der Waals surface area contributed by atoms with Crippen molar-refractivity contribution in [1.82, 2.24) is 9.97 Å². The van der Waals surface area contributed by atoms with E-state index in [0.717, 1.165) is 11.3 Å². The van der Waals surface area contributed by atoms with Gasteiger partial charge in [-0.05, 0) is 37.6 Å². The van der Waals surface area contributed by atoms with Crippen molar-refractivity contribution in [2.24, 2.45) is 11.5 Å². The number of amides is 1. The highest BCUT2D eigenvalue weighted by molar-refractivity contribution is 5.97. The second kappa shape index (κ2) is 8.41. The lowest BCUT2D eigenvalue weighted by Crippen LogP contribution is -2.33. The molecule has 25 heavy (non-hydrogen) atoms. The lowest BCUT2D eigenvalue weighted by Gasteiger charge is -2.15. The standard InChI is InChI=1S/C17H24N6O2/c1-10-4-11(2)22-15(5-10)23-14-6-13(8-21-16(14)17(19)24)20-7-12(18)9-25-3/h4-6,8,12,20H,7,9,18H2,1-3H3,(H2,19,24)(H,22,23)/t12-/m0/s1. The molecule has 1 atom stereocenters. The SMILES string of the molecule is COC[C@@H](N)CNc1cnc(C(N)=O)c(Nc2cc(C)cc(C)n2)c1. The number of carbonyl (C=O) groups is 1. The van der Waals surface area contributed by atoms with Crippen molar-refractivity contribution >= 4 is 23.1 Å². The quantitative estimate of drug-likeness (QED) is 0.568. The van der Waals surface area contributed by atoms with Crippen LogP contribution in [0, 0.1) is 13.8 Å². The fourth-order valence-electron chi connectivity index (χ4n) is 2.42. The molecule has 0 bridgehead atoms. The van der Waals surface area contributed by atoms with E-state index in [2.05, 4.69) is 20.6 Å². The van der Waals surface area contributed by atoms with Gasteiger partial charge in [0.1, 0.15) is 5.82 Å². The van der Waals surface area contributed by atoms with Crippen molar-refractivity contribution in [2.75, 3.05) is 30.9 Å². The Balaban J connectivity index is 2.24. The molecule has 1 amide bonds. The molecule has 0 aliphatic carbocycles. The number of hydrogen-bond acceptors (Lipinski definition) is 7. The predicted molar refractivity (Wildman–Crippen MR) is 98.1 cm³/mol. The lowest BCUT2D eigenvalue weighted by molar-refractivity contribution is 0.0996. The summed E-state index contributed by atoms with van der Waals surface area (Å²) < 4.78 is 5.01. The van der Waals surface area contributed by atoms with Crippen LogP contribution in [0.3, 0.4) is 0 Å². The van der Waals surface area contributed by atoms with Gasteiger partial charge in [-0.25, -0.2) is 9.97 Å². The zero-order chi connectivity index (χ0) is 18.4. The summed E-state index contributed by atoms with van der Waals surface area (Å²) in [5.41, 5.74) is 14.6. The molecular weight excluding hydrogens is 320 g/mol. The molecular formula is C17H24N6O2. The minimum Gasteiger partial charge on any atom is -0.383 e. The van der Waals surface area contributed by atoms with E-state index in [1.807, 2.05) is 26.0 Å². The van der Waals surface area contributed by atoms with Crippen LogP contribution in [-0.4, -0.2) is 42.2 Å². The summed E-state index contributed by atoms with van der Waals surface area (Å²) in [6.07, 6.45) is 1.54. The highest BCUT2D eigenvalue weighted by atomic mass is 16.5. The van der Waals surface area contributed by atoms with Gasteiger partial charge in [0.05, 0.1) is 24.2 Å². The van der Waals surface area contributed by atoms with Gasteiger partial charge in [-0.3, -0.25) is 4.79 Å². The number of rotatable bonds is 8. The highest BCUT2D eigenvalue weighted by Gasteiger charge is 2.13. The Bertz CT molecular complexity index is 730. The maximum absolute atomic E-state index is 11.7. The van der Waals surface area contributed by atoms with Crippen molar-refractivity contribution in [1.29, 1.82) is 0 Å². The molecule has 8 heteroatoms. The first-order valence-electron chi connectivity index (χ1n) is 7.89. The average Bonchev–Trinajstić information content (AvgIpc) is 2.52. The third kappa shape index (κ3) is 5.40. The minimum atomic E-state index is -0.616. The van der Waals surface area contributed by atoms with Crippen LogP contribution in [0.15, 0.2) is 24.4 Å². The van der Waals surface area contributed by atoms with Gasteiger partial charge in [0.25, 0.3) is 5.91 Å². The number of aromatic nitrogens is 2. The fourth-order valence-corrected chi connectivity index (χ4v) is 2.42. The summed E-state index contributed by atoms with van der Waals surface area (Å²) in [6.45, 7) is 4.83. The maximum Gasteiger partial charge on any atom is 0.269 e. The van der Waals surface area contributed by atoms with Gasteiger partial charge in [-0.15, -0.1) is 0 Å². The van der Waals surface area contributed by atoms with Gasteiger partial charge in [-0.1, -0.05) is 0 Å². The third-order valence-corrected chi connectivity index (χ3v) is 3.43. The van der Waals surface area contributed by atoms with Crippen LogP contribution in [0.2, 0.25) is 0 Å². The molecule has 0 saturated carbocycles. The van der Waals surface area contributed by atoms with Crippen molar-refractivity contribution < 1.29 is 9.53 Å². The van der Waals surface area contributed by atoms with Crippen molar-refractivity contribution in [2.45, 2.75) is 19.9 Å². The molecule has 0 aliphatic rings. The molecule has 8 nitrogen and oxygen atoms in total. The summed E-state index contributed by atoms with van der Waals surface area (Å²) in [7, 11) is 1.60. The Morgan fingerprint density at radius 2 is 2.08 bits per heavy atom. The Kier molecular flexibility index (Phi) is 6.26. The summed E-state index contributed by atoms with van der Waals surface area (Å²) in [6, 6.07) is 5.45. The number of pyridine rings is 2. The summed E-state index contributed by atoms with van der Waals surface area (Å²) in [5.74, 6) is 0.00421. The Morgan fingerprint density at radius 3 is 2.72 bits per heavy atom. The van der Waals surface area contributed by atoms with Crippen molar-refractivity contribution in [3.8, 4) is 0 Å². The van der Waals surface area contributed by atoms with Crippen LogP contribution in [0.5, 0.6) is 0 Å². The number of aryl methyl sites for hydroxylation is 2. The van der Waals surface area contributed by atoms with Gasteiger partial charge in [0.2, 0.25) is 0 Å². The first-order valence-corrected chi connectivity index (χ1v) is 7.89. The molecule has 0 radical (unpaired) electrons. The van der Waals surface area contributed by atoms with Gasteiger partial charge in [0, 0.05) is 25.4 Å². The number of nitrogens with zero attached hydrogens (tertiary/aromatic N) is 2. The number of nitrogens with two attached hydrogens (primary N) is 2. The summed E-state index contributed by atoms with van der Waals surface area (Å²) >= 11 is 0. The van der Waals surface area contributed by atoms with Gasteiger partial charge in [-0.2, -0.15) is 0 Å². The summed E-state index contributed by atoms with van der Waals surface area (Å²) in [4.78, 5) is 20.2. The second-order valence-corrected chi connectivity index (χ2v) is 5.88. The zero-order valence-electron chi connectivity index (χ0n) is 14.7. The van der Waals surface area contributed by atoms with Crippen LogP contribution >= 0.6 is 0 Å². The third-order valence-electron chi connectivity index (χ3n) is 3.43. The van der Waals surface area contributed by atoms with E-state index >= 15 is 0 Å². The molecule has 134 valence electrons. The Labute approximate surface area is 147 Å². The predicted octanol–water partition coefficient (Wildman–Crippen LogP) is 1.32. The molecule has 0 spiro atoms. The first kappa shape index (κ1) is 18.6. The molecule has 2 aromatic heterocycles. The molecule has 2 rings (SSSR count). The topological polar surface area (TPSA) is 128 Å². The Morgan fingerprint density at radius 1 is 1.32 bits per heavy atom. The molecule has 0 unspecified atom stereocenters. The number of hydrogen-bond donors (Lipinski definition) is 4. The molecule has 6 N–H and O–H groups in total. The largest absolute Gasteiger partial charge is 0.383 e. The van der Waals surface area contributed by atoms with Crippen LogP contribution in [-0.2, 0) is 4.74 Å². The molecule has 0 saturated heterocycles. The van der Waals surface area contributed by atoms with Crippen molar-refractivity contribution in [3.05, 3.63) is 41.3 Å². The number of ether oxygens (including phenoxy) is 1. The van der Waals surface area contributed by atoms with E-state index < -0.39 is 5.91 Å². The minimum absolute atomic E-state index is 0.146. The van der Waals surface area contributed by atoms with Crippen LogP contribution in [0.4, 0.5) is 17.2 Å². The molecule has 2 heterocycles. The van der Waals surface area contributed by atoms with E-state index in [1.165, 1.54) is 0 Å². The fraction of sp³-hybridized carbons (Fsp3) is 0.353. The van der Waals surface area contributed by atoms with Crippen LogP contribution in [0.25, 0.3) is 0 Å². The number of methoxy groups -OCH3 is 1. The van der Waals surface area contributed by atoms with Crippen LogP contribution in [0.1, 0.15) is 21.7 Å². The molecule has 2 aromatic rings. The van der Waals surface area contributed by atoms with Gasteiger partial charge in [0.15, 0.2) is 5.69 Å². The first-order chi connectivity index (χ1) is 11.9. The highest BCUT2D eigenvalue weighted by Crippen LogP contribution is 2.22. The smallest absolute Gasteiger partial charge is 0.269 e. The average molecular weight is 344 g/mol. The number of primary amides is 1. The molecule has 0 fully saturated rings. The monoisotopic (exact) mass is 344 g/mol. The van der Waals surface area contributed by atoms with Crippen molar-refractivity contribution in [3.63, 3.8) is 0 Å². The van der Waals surface area contributed by atoms with E-state index in [9.17, 15) is 4.79 Å². The molecule has 0 aliphatic heterocycles. The van der Waals surface area contributed by atoms with E-state index in [-0.39, 0.29) is 11.7 Å². The number of anilines is 3. The zero-order valence-corrected chi connectivity index (χ0v) is 14.7. The van der Waals surface area contributed by atoms with E-state index in [0.29, 0.717) is 30.3 Å². The Hall–Kier alpha value is -2.71. The lowest BCUT2D eigenvalue weighted by atomic mass is 10.2. The maximum atomic E-state index is 11.7. The normalized spacial score (nSPS) is 11.8. The number of nitrogens with one attached hydrogen (secondary N) is 2. The number of carbonyl (C=O) groups excluding carboxylic acids is 1. The van der Waals surface area contributed by atoms with E-state index in [1.54, 1.807) is 19.4 Å². The van der Waals surface area contributed by atoms with E-state index in [4.69, 9.17) is 16.2 Å². The summed E-state index contributed by atoms with van der Waals surface area (Å²) in [5, 5.41) is 6.28.